The highest BCUT2D eigenvalue weighted by molar-refractivity contribution is 6.32. The number of hydrogen-bond donors (Lipinski definition) is 1. The van der Waals surface area contributed by atoms with Gasteiger partial charge in [0, 0.05) is 25.1 Å². The van der Waals surface area contributed by atoms with Crippen LogP contribution in [0.4, 0.5) is 0 Å². The third-order valence-corrected chi connectivity index (χ3v) is 5.67. The molecule has 0 aliphatic rings. The van der Waals surface area contributed by atoms with Gasteiger partial charge in [-0.1, -0.05) is 48.9 Å². The molecule has 6 heteroatoms. The summed E-state index contributed by atoms with van der Waals surface area (Å²) in [5, 5.41) is 3.54. The third-order valence-electron chi connectivity index (χ3n) is 5.35. The Bertz CT molecular complexity index is 1040. The fourth-order valence-corrected chi connectivity index (χ4v) is 3.81. The number of amides is 1. The van der Waals surface area contributed by atoms with E-state index in [2.05, 4.69) is 34.7 Å². The van der Waals surface area contributed by atoms with Crippen molar-refractivity contribution >= 4 is 28.5 Å². The van der Waals surface area contributed by atoms with E-state index in [0.717, 1.165) is 62.2 Å². The van der Waals surface area contributed by atoms with E-state index in [4.69, 9.17) is 21.3 Å². The fraction of sp³-hybridized carbons (Fsp3) is 0.385. The zero-order valence-corrected chi connectivity index (χ0v) is 19.5. The zero-order chi connectivity index (χ0) is 22.8. The topological polar surface area (TPSA) is 56.2 Å². The minimum Gasteiger partial charge on any atom is -0.492 e. The minimum absolute atomic E-state index is 0.0645. The van der Waals surface area contributed by atoms with Gasteiger partial charge in [0.1, 0.15) is 11.6 Å². The first-order valence-corrected chi connectivity index (χ1v) is 11.7. The summed E-state index contributed by atoms with van der Waals surface area (Å²) in [6.45, 7) is 7.63. The SMILES string of the molecule is C=C(C)C(=O)NCCCCCc1nc2ccccc2n1CCCCOc1ccccc1Cl. The number of halogens is 1. The van der Waals surface area contributed by atoms with Gasteiger partial charge < -0.3 is 14.6 Å². The first kappa shape index (κ1) is 23.9. The van der Waals surface area contributed by atoms with Crippen molar-refractivity contribution in [1.82, 2.24) is 14.9 Å². The number of benzene rings is 2. The van der Waals surface area contributed by atoms with Crippen molar-refractivity contribution in [3.63, 3.8) is 0 Å². The van der Waals surface area contributed by atoms with Gasteiger partial charge in [-0.3, -0.25) is 4.79 Å². The third kappa shape index (κ3) is 6.86. The quantitative estimate of drug-likeness (QED) is 0.257. The number of para-hydroxylation sites is 3. The Morgan fingerprint density at radius 2 is 1.84 bits per heavy atom. The minimum atomic E-state index is -0.0645. The number of hydrogen-bond acceptors (Lipinski definition) is 3. The Hall–Kier alpha value is -2.79. The molecule has 3 aromatic rings. The van der Waals surface area contributed by atoms with Crippen LogP contribution in [0.2, 0.25) is 5.02 Å². The van der Waals surface area contributed by atoms with E-state index < -0.39 is 0 Å². The lowest BCUT2D eigenvalue weighted by Gasteiger charge is -2.11. The van der Waals surface area contributed by atoms with Crippen molar-refractivity contribution in [1.29, 1.82) is 0 Å². The predicted octanol–water partition coefficient (Wildman–Crippen LogP) is 5.95. The molecule has 2 aromatic carbocycles. The van der Waals surface area contributed by atoms with E-state index in [1.165, 1.54) is 5.52 Å². The summed E-state index contributed by atoms with van der Waals surface area (Å²) >= 11 is 6.15. The van der Waals surface area contributed by atoms with Crippen molar-refractivity contribution in [3.05, 3.63) is 71.5 Å². The Balaban J connectivity index is 1.47. The van der Waals surface area contributed by atoms with Crippen LogP contribution in [0.15, 0.2) is 60.7 Å². The van der Waals surface area contributed by atoms with E-state index >= 15 is 0 Å². The highest BCUT2D eigenvalue weighted by Crippen LogP contribution is 2.23. The van der Waals surface area contributed by atoms with E-state index in [9.17, 15) is 4.79 Å². The lowest BCUT2D eigenvalue weighted by atomic mass is 10.2. The summed E-state index contributed by atoms with van der Waals surface area (Å²) in [6.07, 6.45) is 5.93. The summed E-state index contributed by atoms with van der Waals surface area (Å²) in [5.74, 6) is 1.80. The number of aromatic nitrogens is 2. The molecular formula is C26H32ClN3O2. The molecule has 0 aliphatic heterocycles. The molecule has 0 unspecified atom stereocenters. The Labute approximate surface area is 195 Å². The predicted molar refractivity (Wildman–Crippen MR) is 131 cm³/mol. The van der Waals surface area contributed by atoms with Crippen LogP contribution in [0.1, 0.15) is 44.9 Å². The Morgan fingerprint density at radius 3 is 2.66 bits per heavy atom. The van der Waals surface area contributed by atoms with E-state index in [1.54, 1.807) is 6.92 Å². The van der Waals surface area contributed by atoms with Gasteiger partial charge in [-0.15, -0.1) is 0 Å². The van der Waals surface area contributed by atoms with Crippen LogP contribution in [0.5, 0.6) is 5.75 Å². The summed E-state index contributed by atoms with van der Waals surface area (Å²) < 4.78 is 8.16. The van der Waals surface area contributed by atoms with Crippen molar-refractivity contribution in [2.75, 3.05) is 13.2 Å². The molecule has 1 aromatic heterocycles. The van der Waals surface area contributed by atoms with Gasteiger partial charge in [0.15, 0.2) is 0 Å². The zero-order valence-electron chi connectivity index (χ0n) is 18.8. The molecule has 0 bridgehead atoms. The molecular weight excluding hydrogens is 422 g/mol. The first-order valence-electron chi connectivity index (χ1n) is 11.3. The van der Waals surface area contributed by atoms with Crippen LogP contribution >= 0.6 is 11.6 Å². The van der Waals surface area contributed by atoms with Crippen molar-refractivity contribution in [2.45, 2.75) is 52.0 Å². The summed E-state index contributed by atoms with van der Waals surface area (Å²) in [4.78, 5) is 16.4. The van der Waals surface area contributed by atoms with Crippen molar-refractivity contribution in [3.8, 4) is 5.75 Å². The van der Waals surface area contributed by atoms with E-state index in [1.807, 2.05) is 30.3 Å². The summed E-state index contributed by atoms with van der Waals surface area (Å²) in [7, 11) is 0. The van der Waals surface area contributed by atoms with Gasteiger partial charge in [0.2, 0.25) is 5.91 Å². The molecule has 3 rings (SSSR count). The van der Waals surface area contributed by atoms with E-state index in [-0.39, 0.29) is 5.91 Å². The highest BCUT2D eigenvalue weighted by atomic mass is 35.5. The smallest absolute Gasteiger partial charge is 0.246 e. The molecule has 0 radical (unpaired) electrons. The summed E-state index contributed by atoms with van der Waals surface area (Å²) in [5.41, 5.74) is 2.78. The first-order chi connectivity index (χ1) is 15.6. The molecule has 1 N–H and O–H groups in total. The standard InChI is InChI=1S/C26H32ClN3O2/c1-20(2)26(31)28-17-9-3-4-16-25-29-22-13-6-7-14-23(22)30(25)18-10-11-19-32-24-15-8-5-12-21(24)27/h5-8,12-15H,1,3-4,9-11,16-19H2,2H3,(H,28,31). The Kier molecular flexibility index (Phi) is 9.17. The van der Waals surface area contributed by atoms with Gasteiger partial charge in [0.05, 0.1) is 22.7 Å². The van der Waals surface area contributed by atoms with Gasteiger partial charge in [-0.05, 0) is 56.9 Å². The lowest BCUT2D eigenvalue weighted by molar-refractivity contribution is -0.117. The number of carbonyl (C=O) groups excluding carboxylic acids is 1. The average Bonchev–Trinajstić information content (AvgIpc) is 3.14. The maximum Gasteiger partial charge on any atom is 0.246 e. The second kappa shape index (κ2) is 12.3. The maximum atomic E-state index is 11.5. The largest absolute Gasteiger partial charge is 0.492 e. The van der Waals surface area contributed by atoms with Crippen LogP contribution < -0.4 is 10.1 Å². The van der Waals surface area contributed by atoms with Crippen LogP contribution in [0.3, 0.4) is 0 Å². The van der Waals surface area contributed by atoms with Gasteiger partial charge >= 0.3 is 0 Å². The van der Waals surface area contributed by atoms with Gasteiger partial charge in [-0.25, -0.2) is 4.98 Å². The molecule has 0 fully saturated rings. The molecule has 0 spiro atoms. The number of aryl methyl sites for hydroxylation is 2. The monoisotopic (exact) mass is 453 g/mol. The maximum absolute atomic E-state index is 11.5. The molecule has 1 amide bonds. The number of ether oxygens (including phenoxy) is 1. The number of nitrogens with zero attached hydrogens (tertiary/aromatic N) is 2. The highest BCUT2D eigenvalue weighted by Gasteiger charge is 2.10. The van der Waals surface area contributed by atoms with Crippen molar-refractivity contribution < 1.29 is 9.53 Å². The second-order valence-corrected chi connectivity index (χ2v) is 8.41. The number of fused-ring (bicyclic) bond motifs is 1. The van der Waals surface area contributed by atoms with Crippen LogP contribution in [0.25, 0.3) is 11.0 Å². The number of nitrogens with one attached hydrogen (secondary N) is 1. The van der Waals surface area contributed by atoms with E-state index in [0.29, 0.717) is 23.7 Å². The fourth-order valence-electron chi connectivity index (χ4n) is 3.62. The lowest BCUT2D eigenvalue weighted by Crippen LogP contribution is -2.24. The second-order valence-electron chi connectivity index (χ2n) is 8.00. The van der Waals surface area contributed by atoms with Crippen molar-refractivity contribution in [2.24, 2.45) is 0 Å². The molecule has 1 heterocycles. The average molecular weight is 454 g/mol. The van der Waals surface area contributed by atoms with Gasteiger partial charge in [0.25, 0.3) is 0 Å². The molecule has 0 aliphatic carbocycles. The number of imidazole rings is 1. The molecule has 5 nitrogen and oxygen atoms in total. The molecule has 0 saturated heterocycles. The molecule has 0 saturated carbocycles. The van der Waals surface area contributed by atoms with Crippen LogP contribution in [-0.2, 0) is 17.8 Å². The molecule has 32 heavy (non-hydrogen) atoms. The number of carbonyl (C=O) groups is 1. The summed E-state index contributed by atoms with van der Waals surface area (Å²) in [6, 6.07) is 15.9. The molecule has 170 valence electrons. The Morgan fingerprint density at radius 1 is 1.06 bits per heavy atom. The van der Waals surface area contributed by atoms with Gasteiger partial charge in [-0.2, -0.15) is 0 Å². The molecule has 0 atom stereocenters. The van der Waals surface area contributed by atoms with Crippen LogP contribution in [0, 0.1) is 0 Å². The number of unbranched alkanes of at least 4 members (excludes halogenated alkanes) is 3. The normalized spacial score (nSPS) is 10.9. The van der Waals surface area contributed by atoms with Crippen LogP contribution in [-0.4, -0.2) is 28.6 Å². The number of rotatable bonds is 13.